The molecule has 0 fully saturated rings. The fourth-order valence-corrected chi connectivity index (χ4v) is 1.92. The van der Waals surface area contributed by atoms with Gasteiger partial charge in [0, 0.05) is 11.2 Å². The summed E-state index contributed by atoms with van der Waals surface area (Å²) in [6.45, 7) is 8.24. The van der Waals surface area contributed by atoms with E-state index in [1.54, 1.807) is 24.3 Å². The number of hydrogen-bond acceptors (Lipinski definition) is 8. The van der Waals surface area contributed by atoms with Crippen LogP contribution in [0.3, 0.4) is 0 Å². The van der Waals surface area contributed by atoms with E-state index in [0.717, 1.165) is 5.75 Å². The van der Waals surface area contributed by atoms with Crippen LogP contribution in [-0.2, 0) is 0 Å². The summed E-state index contributed by atoms with van der Waals surface area (Å²) in [5.74, 6) is 0.910. The van der Waals surface area contributed by atoms with Crippen LogP contribution in [0.4, 0.5) is 23.0 Å². The van der Waals surface area contributed by atoms with Gasteiger partial charge in [-0.2, -0.15) is 0 Å². The summed E-state index contributed by atoms with van der Waals surface area (Å²) in [5, 5.41) is 14.4. The summed E-state index contributed by atoms with van der Waals surface area (Å²) in [6, 6.07) is 7.08. The van der Waals surface area contributed by atoms with Crippen LogP contribution in [0.15, 0.2) is 30.6 Å². The minimum Gasteiger partial charge on any atom is -0.494 e. The highest BCUT2D eigenvalue weighted by atomic mass is 16.6. The van der Waals surface area contributed by atoms with E-state index >= 15 is 0 Å². The third-order valence-corrected chi connectivity index (χ3v) is 2.99. The number of nitrogens with one attached hydrogen (secondary N) is 3. The van der Waals surface area contributed by atoms with Crippen LogP contribution in [0.5, 0.6) is 5.75 Å². The Bertz CT molecular complexity index is 728. The SMILES string of the molecule is CCOc1ccc(Nc2ncnc(NNC(C)(C)C)c2[N+](=O)[O-])cc1. The van der Waals surface area contributed by atoms with E-state index in [0.29, 0.717) is 12.3 Å². The highest BCUT2D eigenvalue weighted by Gasteiger charge is 2.24. The van der Waals surface area contributed by atoms with Crippen molar-refractivity contribution in [3.05, 3.63) is 40.7 Å². The van der Waals surface area contributed by atoms with Crippen molar-refractivity contribution in [1.29, 1.82) is 0 Å². The lowest BCUT2D eigenvalue weighted by atomic mass is 10.1. The number of rotatable bonds is 7. The second kappa shape index (κ2) is 7.75. The molecular weight excluding hydrogens is 324 g/mol. The van der Waals surface area contributed by atoms with Crippen LogP contribution >= 0.6 is 0 Å². The molecule has 2 aromatic rings. The van der Waals surface area contributed by atoms with Crippen LogP contribution in [0, 0.1) is 10.1 Å². The monoisotopic (exact) mass is 346 g/mol. The normalized spacial score (nSPS) is 11.0. The van der Waals surface area contributed by atoms with Crippen molar-refractivity contribution >= 4 is 23.0 Å². The molecule has 0 saturated carbocycles. The third kappa shape index (κ3) is 5.28. The number of nitro groups is 1. The Hall–Kier alpha value is -2.94. The first kappa shape index (κ1) is 18.4. The van der Waals surface area contributed by atoms with Crippen molar-refractivity contribution in [2.45, 2.75) is 33.2 Å². The van der Waals surface area contributed by atoms with Crippen molar-refractivity contribution in [1.82, 2.24) is 15.4 Å². The number of anilines is 3. The van der Waals surface area contributed by atoms with Gasteiger partial charge in [0.25, 0.3) is 0 Å². The van der Waals surface area contributed by atoms with Crippen molar-refractivity contribution in [2.24, 2.45) is 0 Å². The van der Waals surface area contributed by atoms with E-state index in [4.69, 9.17) is 4.74 Å². The van der Waals surface area contributed by atoms with Gasteiger partial charge in [-0.3, -0.25) is 15.5 Å². The van der Waals surface area contributed by atoms with Gasteiger partial charge in [-0.25, -0.2) is 15.4 Å². The summed E-state index contributed by atoms with van der Waals surface area (Å²) in [7, 11) is 0. The van der Waals surface area contributed by atoms with Gasteiger partial charge < -0.3 is 10.1 Å². The molecule has 0 atom stereocenters. The number of hydrogen-bond donors (Lipinski definition) is 3. The lowest BCUT2D eigenvalue weighted by Crippen LogP contribution is -2.40. The Balaban J connectivity index is 2.26. The van der Waals surface area contributed by atoms with Crippen LogP contribution in [0.25, 0.3) is 0 Å². The van der Waals surface area contributed by atoms with E-state index in [1.165, 1.54) is 6.33 Å². The zero-order chi connectivity index (χ0) is 18.4. The maximum atomic E-state index is 11.5. The van der Waals surface area contributed by atoms with E-state index < -0.39 is 4.92 Å². The fraction of sp³-hybridized carbons (Fsp3) is 0.375. The van der Waals surface area contributed by atoms with E-state index in [9.17, 15) is 10.1 Å². The summed E-state index contributed by atoms with van der Waals surface area (Å²) in [5.41, 5.74) is 5.86. The molecule has 1 aromatic heterocycles. The Kier molecular flexibility index (Phi) is 5.71. The third-order valence-electron chi connectivity index (χ3n) is 2.99. The first-order valence-electron chi connectivity index (χ1n) is 7.82. The first-order valence-corrected chi connectivity index (χ1v) is 7.82. The summed E-state index contributed by atoms with van der Waals surface area (Å²) in [6.07, 6.45) is 1.26. The van der Waals surface area contributed by atoms with Crippen LogP contribution in [0.1, 0.15) is 27.7 Å². The lowest BCUT2D eigenvalue weighted by Gasteiger charge is -2.21. The number of benzene rings is 1. The second-order valence-corrected chi connectivity index (χ2v) is 6.26. The maximum absolute atomic E-state index is 11.5. The molecule has 9 heteroatoms. The number of aromatic nitrogens is 2. The Morgan fingerprint density at radius 2 is 1.80 bits per heavy atom. The largest absolute Gasteiger partial charge is 0.494 e. The zero-order valence-corrected chi connectivity index (χ0v) is 14.7. The quantitative estimate of drug-likeness (QED) is 0.517. The van der Waals surface area contributed by atoms with Gasteiger partial charge in [0.15, 0.2) is 0 Å². The first-order chi connectivity index (χ1) is 11.8. The van der Waals surface area contributed by atoms with Gasteiger partial charge in [-0.05, 0) is 52.0 Å². The Labute approximate surface area is 146 Å². The van der Waals surface area contributed by atoms with E-state index in [1.807, 2.05) is 27.7 Å². The molecule has 0 unspecified atom stereocenters. The molecule has 0 radical (unpaired) electrons. The summed E-state index contributed by atoms with van der Waals surface area (Å²) >= 11 is 0. The number of hydrazine groups is 1. The topological polar surface area (TPSA) is 114 Å². The standard InChI is InChI=1S/C16H22N6O3/c1-5-25-12-8-6-11(7-9-12)19-14-13(22(23)24)15(18-10-17-14)20-21-16(2,3)4/h6-10,21H,5H2,1-4H3,(H2,17,18,19,20). The highest BCUT2D eigenvalue weighted by Crippen LogP contribution is 2.31. The average molecular weight is 346 g/mol. The molecule has 0 amide bonds. The highest BCUT2D eigenvalue weighted by molar-refractivity contribution is 5.73. The van der Waals surface area contributed by atoms with E-state index in [-0.39, 0.29) is 22.9 Å². The van der Waals surface area contributed by atoms with Crippen molar-refractivity contribution in [3.63, 3.8) is 0 Å². The molecule has 9 nitrogen and oxygen atoms in total. The number of ether oxygens (including phenoxy) is 1. The molecule has 0 aliphatic rings. The van der Waals surface area contributed by atoms with Gasteiger partial charge >= 0.3 is 5.69 Å². The van der Waals surface area contributed by atoms with Gasteiger partial charge in [-0.15, -0.1) is 0 Å². The lowest BCUT2D eigenvalue weighted by molar-refractivity contribution is -0.383. The molecule has 0 saturated heterocycles. The Morgan fingerprint density at radius 3 is 2.36 bits per heavy atom. The minimum atomic E-state index is -0.524. The van der Waals surface area contributed by atoms with Crippen LogP contribution in [0.2, 0.25) is 0 Å². The predicted octanol–water partition coefficient (Wildman–Crippen LogP) is 3.24. The van der Waals surface area contributed by atoms with E-state index in [2.05, 4.69) is 26.1 Å². The van der Waals surface area contributed by atoms with Crippen molar-refractivity contribution in [2.75, 3.05) is 17.3 Å². The summed E-state index contributed by atoms with van der Waals surface area (Å²) < 4.78 is 5.38. The van der Waals surface area contributed by atoms with Crippen molar-refractivity contribution < 1.29 is 9.66 Å². The molecule has 1 heterocycles. The Morgan fingerprint density at radius 1 is 1.16 bits per heavy atom. The van der Waals surface area contributed by atoms with Gasteiger partial charge in [-0.1, -0.05) is 0 Å². The molecule has 3 N–H and O–H groups in total. The van der Waals surface area contributed by atoms with Crippen LogP contribution in [-0.4, -0.2) is 27.0 Å². The second-order valence-electron chi connectivity index (χ2n) is 6.26. The molecule has 134 valence electrons. The predicted molar refractivity (Wildman–Crippen MR) is 96.1 cm³/mol. The molecule has 25 heavy (non-hydrogen) atoms. The molecule has 0 bridgehead atoms. The number of nitrogens with zero attached hydrogens (tertiary/aromatic N) is 3. The van der Waals surface area contributed by atoms with Gasteiger partial charge in [0.2, 0.25) is 11.6 Å². The average Bonchev–Trinajstić information content (AvgIpc) is 2.54. The maximum Gasteiger partial charge on any atom is 0.354 e. The van der Waals surface area contributed by atoms with Gasteiger partial charge in [0.1, 0.15) is 12.1 Å². The molecule has 0 aliphatic heterocycles. The summed E-state index contributed by atoms with van der Waals surface area (Å²) in [4.78, 5) is 18.9. The molecule has 1 aromatic carbocycles. The zero-order valence-electron chi connectivity index (χ0n) is 14.7. The fourth-order valence-electron chi connectivity index (χ4n) is 1.92. The molecule has 0 spiro atoms. The van der Waals surface area contributed by atoms with Crippen molar-refractivity contribution in [3.8, 4) is 5.75 Å². The molecular formula is C16H22N6O3. The minimum absolute atomic E-state index is 0.0864. The van der Waals surface area contributed by atoms with Crippen LogP contribution < -0.4 is 20.9 Å². The molecule has 2 rings (SSSR count). The molecule has 0 aliphatic carbocycles. The van der Waals surface area contributed by atoms with Gasteiger partial charge in [0.05, 0.1) is 11.5 Å². The smallest absolute Gasteiger partial charge is 0.354 e.